The molecule has 0 aliphatic carbocycles. The molecule has 102 valence electrons. The fourth-order valence-electron chi connectivity index (χ4n) is 2.85. The van der Waals surface area contributed by atoms with Crippen molar-refractivity contribution in [2.75, 3.05) is 13.1 Å². The third kappa shape index (κ3) is 2.34. The van der Waals surface area contributed by atoms with Crippen molar-refractivity contribution in [3.63, 3.8) is 0 Å². The number of hydrogen-bond acceptors (Lipinski definition) is 2. The van der Waals surface area contributed by atoms with Crippen molar-refractivity contribution in [1.82, 2.24) is 14.9 Å². The maximum Gasteiger partial charge on any atom is 0.152 e. The van der Waals surface area contributed by atoms with Crippen molar-refractivity contribution < 1.29 is 8.78 Å². The van der Waals surface area contributed by atoms with Crippen LogP contribution in [0.25, 0.3) is 11.0 Å². The molecule has 2 aromatic rings. The quantitative estimate of drug-likeness (QED) is 0.903. The molecule has 0 bridgehead atoms. The van der Waals surface area contributed by atoms with E-state index in [0.717, 1.165) is 44.2 Å². The fraction of sp³-hybridized carbons (Fsp3) is 0.500. The van der Waals surface area contributed by atoms with Crippen LogP contribution in [0.4, 0.5) is 8.78 Å². The van der Waals surface area contributed by atoms with Gasteiger partial charge in [0.2, 0.25) is 0 Å². The van der Waals surface area contributed by atoms with Crippen molar-refractivity contribution in [3.05, 3.63) is 29.6 Å². The van der Waals surface area contributed by atoms with Crippen LogP contribution in [-0.4, -0.2) is 22.6 Å². The van der Waals surface area contributed by atoms with Crippen LogP contribution in [0.5, 0.6) is 0 Å². The zero-order chi connectivity index (χ0) is 13.4. The Bertz CT molecular complexity index is 600. The van der Waals surface area contributed by atoms with Gasteiger partial charge in [0.05, 0.1) is 5.52 Å². The maximum absolute atomic E-state index is 13.8. The molecule has 0 spiro atoms. The average molecular weight is 265 g/mol. The highest BCUT2D eigenvalue weighted by Gasteiger charge is 2.19. The summed E-state index contributed by atoms with van der Waals surface area (Å²) in [4.78, 5) is 4.38. The van der Waals surface area contributed by atoms with Gasteiger partial charge in [-0.05, 0) is 31.8 Å². The highest BCUT2D eigenvalue weighted by atomic mass is 19.1. The van der Waals surface area contributed by atoms with Gasteiger partial charge in [0.1, 0.15) is 17.2 Å². The van der Waals surface area contributed by atoms with Crippen LogP contribution < -0.4 is 5.32 Å². The van der Waals surface area contributed by atoms with Crippen molar-refractivity contribution in [2.45, 2.75) is 19.3 Å². The molecular formula is C14H17F2N3. The zero-order valence-electron chi connectivity index (χ0n) is 10.9. The first-order valence-corrected chi connectivity index (χ1v) is 6.66. The lowest BCUT2D eigenvalue weighted by Crippen LogP contribution is -2.31. The number of aromatic nitrogens is 2. The van der Waals surface area contributed by atoms with Crippen molar-refractivity contribution >= 4 is 11.0 Å². The number of rotatable bonds is 2. The molecule has 19 heavy (non-hydrogen) atoms. The summed E-state index contributed by atoms with van der Waals surface area (Å²) in [6, 6.07) is 2.21. The van der Waals surface area contributed by atoms with Crippen LogP contribution in [0.2, 0.25) is 0 Å². The number of imidazole rings is 1. The van der Waals surface area contributed by atoms with E-state index in [1.807, 2.05) is 0 Å². The molecule has 1 saturated heterocycles. The molecule has 1 atom stereocenters. The van der Waals surface area contributed by atoms with Crippen LogP contribution in [0.1, 0.15) is 18.7 Å². The minimum atomic E-state index is -0.575. The Balaban J connectivity index is 1.95. The lowest BCUT2D eigenvalue weighted by molar-refractivity contribution is 0.368. The van der Waals surface area contributed by atoms with Gasteiger partial charge in [-0.2, -0.15) is 0 Å². The molecule has 0 radical (unpaired) electrons. The Hall–Kier alpha value is -1.49. The Kier molecular flexibility index (Phi) is 3.22. The summed E-state index contributed by atoms with van der Waals surface area (Å²) in [5, 5.41) is 3.36. The molecule has 1 aliphatic rings. The number of piperidine rings is 1. The first-order chi connectivity index (χ1) is 9.15. The van der Waals surface area contributed by atoms with E-state index >= 15 is 0 Å². The molecular weight excluding hydrogens is 248 g/mol. The van der Waals surface area contributed by atoms with Crippen molar-refractivity contribution in [3.8, 4) is 0 Å². The zero-order valence-corrected chi connectivity index (χ0v) is 10.9. The molecule has 1 aliphatic heterocycles. The van der Waals surface area contributed by atoms with E-state index in [9.17, 15) is 8.78 Å². The van der Waals surface area contributed by atoms with E-state index < -0.39 is 11.6 Å². The minimum Gasteiger partial charge on any atom is -0.329 e. The second-order valence-corrected chi connectivity index (χ2v) is 5.26. The van der Waals surface area contributed by atoms with E-state index in [0.29, 0.717) is 17.0 Å². The van der Waals surface area contributed by atoms with Gasteiger partial charge in [0.25, 0.3) is 0 Å². The number of benzene rings is 1. The third-order valence-corrected chi connectivity index (χ3v) is 3.85. The molecule has 3 rings (SSSR count). The van der Waals surface area contributed by atoms with E-state index in [4.69, 9.17) is 0 Å². The Labute approximate surface area is 110 Å². The molecule has 1 aromatic carbocycles. The molecule has 3 nitrogen and oxygen atoms in total. The summed E-state index contributed by atoms with van der Waals surface area (Å²) in [5.41, 5.74) is 0.791. The standard InChI is InChI=1S/C14H17F2N3/c1-19-13(5-9-3-2-4-17-8-9)18-12-7-10(15)6-11(16)14(12)19/h6-7,9,17H,2-5,8H2,1H3. The summed E-state index contributed by atoms with van der Waals surface area (Å²) < 4.78 is 28.7. The smallest absolute Gasteiger partial charge is 0.152 e. The predicted molar refractivity (Wildman–Crippen MR) is 69.9 cm³/mol. The van der Waals surface area contributed by atoms with Crippen LogP contribution in [-0.2, 0) is 13.5 Å². The lowest BCUT2D eigenvalue weighted by Gasteiger charge is -2.22. The largest absolute Gasteiger partial charge is 0.329 e. The van der Waals surface area contributed by atoms with E-state index in [-0.39, 0.29) is 0 Å². The molecule has 0 amide bonds. The summed E-state index contributed by atoms with van der Waals surface area (Å²) >= 11 is 0. The van der Waals surface area contributed by atoms with Gasteiger partial charge in [0.15, 0.2) is 5.82 Å². The first-order valence-electron chi connectivity index (χ1n) is 6.66. The van der Waals surface area contributed by atoms with E-state index in [1.165, 1.54) is 6.07 Å². The van der Waals surface area contributed by atoms with Gasteiger partial charge >= 0.3 is 0 Å². The average Bonchev–Trinajstić information content (AvgIpc) is 2.67. The summed E-state index contributed by atoms with van der Waals surface area (Å²) in [7, 11) is 1.79. The van der Waals surface area contributed by atoms with Gasteiger partial charge in [-0.3, -0.25) is 0 Å². The number of fused-ring (bicyclic) bond motifs is 1. The van der Waals surface area contributed by atoms with Crippen molar-refractivity contribution in [1.29, 1.82) is 0 Å². The molecule has 1 fully saturated rings. The summed E-state index contributed by atoms with van der Waals surface area (Å²) in [6.45, 7) is 2.04. The van der Waals surface area contributed by atoms with E-state index in [2.05, 4.69) is 10.3 Å². The highest BCUT2D eigenvalue weighted by Crippen LogP contribution is 2.23. The minimum absolute atomic E-state index is 0.389. The van der Waals surface area contributed by atoms with Gasteiger partial charge in [0, 0.05) is 25.6 Å². The monoisotopic (exact) mass is 265 g/mol. The van der Waals surface area contributed by atoms with Crippen LogP contribution in [0, 0.1) is 17.6 Å². The SMILES string of the molecule is Cn1c(CC2CCCNC2)nc2cc(F)cc(F)c21. The third-order valence-electron chi connectivity index (χ3n) is 3.85. The maximum atomic E-state index is 13.8. The van der Waals surface area contributed by atoms with Crippen molar-refractivity contribution in [2.24, 2.45) is 13.0 Å². The van der Waals surface area contributed by atoms with Gasteiger partial charge < -0.3 is 9.88 Å². The lowest BCUT2D eigenvalue weighted by atomic mass is 9.96. The predicted octanol–water partition coefficient (Wildman–Crippen LogP) is 2.39. The summed E-state index contributed by atoms with van der Waals surface area (Å²) in [5.74, 6) is 0.234. The topological polar surface area (TPSA) is 29.9 Å². The van der Waals surface area contributed by atoms with Gasteiger partial charge in [-0.15, -0.1) is 0 Å². The number of aryl methyl sites for hydroxylation is 1. The van der Waals surface area contributed by atoms with Crippen LogP contribution >= 0.6 is 0 Å². The molecule has 0 saturated carbocycles. The Morgan fingerprint density at radius 1 is 1.42 bits per heavy atom. The molecule has 2 heterocycles. The number of halogens is 2. The molecule has 5 heteroatoms. The second-order valence-electron chi connectivity index (χ2n) is 5.26. The molecule has 1 unspecified atom stereocenters. The van der Waals surface area contributed by atoms with Gasteiger partial charge in [-0.1, -0.05) is 0 Å². The Morgan fingerprint density at radius 2 is 2.26 bits per heavy atom. The Morgan fingerprint density at radius 3 is 3.00 bits per heavy atom. The second kappa shape index (κ2) is 4.89. The summed E-state index contributed by atoms with van der Waals surface area (Å²) in [6.07, 6.45) is 3.13. The first kappa shape index (κ1) is 12.5. The molecule has 1 aromatic heterocycles. The highest BCUT2D eigenvalue weighted by molar-refractivity contribution is 5.76. The number of nitrogens with one attached hydrogen (secondary N) is 1. The van der Waals surface area contributed by atoms with Gasteiger partial charge in [-0.25, -0.2) is 13.8 Å². The number of nitrogens with zero attached hydrogens (tertiary/aromatic N) is 2. The fourth-order valence-corrected chi connectivity index (χ4v) is 2.85. The molecule has 1 N–H and O–H groups in total. The van der Waals surface area contributed by atoms with E-state index in [1.54, 1.807) is 11.6 Å². The number of hydrogen-bond donors (Lipinski definition) is 1. The normalized spacial score (nSPS) is 20.1. The van der Waals surface area contributed by atoms with Crippen LogP contribution in [0.15, 0.2) is 12.1 Å². The van der Waals surface area contributed by atoms with Crippen LogP contribution in [0.3, 0.4) is 0 Å².